The molecule has 0 unspecified atom stereocenters. The van der Waals surface area contributed by atoms with Crippen molar-refractivity contribution < 1.29 is 52.5 Å². The van der Waals surface area contributed by atoms with Crippen LogP contribution in [0.5, 0.6) is 0 Å². The number of ether oxygens (including phenoxy) is 1. The highest BCUT2D eigenvalue weighted by molar-refractivity contribution is 7.91. The predicted octanol–water partition coefficient (Wildman–Crippen LogP) is 17.7. The molecule has 37 heteroatoms. The SMILES string of the molecule is CC(C)(C)OC(=O)N1CCC(n2ncc3cc(-c4ccc(S(C)(=O)=O)cc4)ccc32)CC1.CC(C)c1noc(N2CCC(n3ncc4cc(-c5ccc(S(C)(=O)=O)cc5)c(F)cc43)CC2)n1.CCc1cnc(N2CCC(n3ncc4cc(-c5ccc(-n6cnnn6)cc5)c(F)cc43)CC2)nc1.CCc1cnc(N2CCC(n3ncc4cc(-c5ccc(S(C)(=O)=O)cc5)c(F)cc43)CC2)nc1. The molecule has 0 saturated carbocycles. The molecule has 12 heterocycles. The van der Waals surface area contributed by atoms with Gasteiger partial charge in [-0.1, -0.05) is 87.4 Å². The summed E-state index contributed by atoms with van der Waals surface area (Å²) in [4.78, 5) is 43.8. The van der Waals surface area contributed by atoms with Crippen molar-refractivity contribution in [3.8, 4) is 50.2 Å². The van der Waals surface area contributed by atoms with E-state index in [2.05, 4.69) is 111 Å². The van der Waals surface area contributed by atoms with Gasteiger partial charge in [-0.2, -0.15) is 25.4 Å². The van der Waals surface area contributed by atoms with Crippen LogP contribution in [0.3, 0.4) is 0 Å². The zero-order chi connectivity index (χ0) is 94.8. The predicted molar refractivity (Wildman–Crippen MR) is 511 cm³/mol. The fraction of sp³-hybridized carbons (Fsp3) is 0.347. The first-order valence-electron chi connectivity index (χ1n) is 45.2. The van der Waals surface area contributed by atoms with Crippen LogP contribution in [0.15, 0.2) is 227 Å². The van der Waals surface area contributed by atoms with Gasteiger partial charge >= 0.3 is 12.1 Å². The number of tetrazole rings is 1. The molecule has 135 heavy (non-hydrogen) atoms. The highest BCUT2D eigenvalue weighted by atomic mass is 32.2. The lowest BCUT2D eigenvalue weighted by Crippen LogP contribution is -2.42. The second-order valence-electron chi connectivity index (χ2n) is 35.9. The largest absolute Gasteiger partial charge is 0.444 e. The lowest BCUT2D eigenvalue weighted by Gasteiger charge is -2.33. The van der Waals surface area contributed by atoms with E-state index < -0.39 is 35.1 Å². The van der Waals surface area contributed by atoms with Crippen molar-refractivity contribution in [2.75, 3.05) is 85.8 Å². The van der Waals surface area contributed by atoms with Crippen molar-refractivity contribution >= 4 is 97.1 Å². The number of sulfone groups is 3. The van der Waals surface area contributed by atoms with E-state index in [1.807, 2.05) is 134 Å². The van der Waals surface area contributed by atoms with Crippen molar-refractivity contribution in [1.29, 1.82) is 0 Å². The number of carbonyl (C=O) groups excluding carboxylic acids is 1. The average molecular weight is 1890 g/mol. The van der Waals surface area contributed by atoms with E-state index in [1.54, 1.807) is 76.6 Å². The van der Waals surface area contributed by atoms with Gasteiger partial charge in [0.25, 0.3) is 0 Å². The van der Waals surface area contributed by atoms with E-state index in [9.17, 15) is 30.0 Å². The second-order valence-corrected chi connectivity index (χ2v) is 42.0. The third-order valence-electron chi connectivity index (χ3n) is 25.1. The maximum atomic E-state index is 15.2. The summed E-state index contributed by atoms with van der Waals surface area (Å²) >= 11 is 0. The van der Waals surface area contributed by atoms with Gasteiger partial charge in [-0.15, -0.1) is 5.10 Å². The molecule has 0 radical (unpaired) electrons. The number of nitrogens with zero attached hydrogens (tertiary/aromatic N) is 22. The quantitative estimate of drug-likeness (QED) is 0.0770. The number of hydrogen-bond acceptors (Lipinski definition) is 25. The Morgan fingerprint density at radius 3 is 1.13 bits per heavy atom. The fourth-order valence-electron chi connectivity index (χ4n) is 17.5. The first-order valence-corrected chi connectivity index (χ1v) is 50.8. The van der Waals surface area contributed by atoms with Crippen molar-refractivity contribution in [2.45, 2.75) is 163 Å². The third-order valence-corrected chi connectivity index (χ3v) is 28.5. The fourth-order valence-corrected chi connectivity index (χ4v) is 19.4. The number of rotatable bonds is 18. The summed E-state index contributed by atoms with van der Waals surface area (Å²) in [6.45, 7) is 19.9. The number of aryl methyl sites for hydroxylation is 2. The Balaban J connectivity index is 0.000000125. The Bertz CT molecular complexity index is 7270. The lowest BCUT2D eigenvalue weighted by molar-refractivity contribution is 0.0186. The van der Waals surface area contributed by atoms with Crippen molar-refractivity contribution in [2.24, 2.45) is 0 Å². The van der Waals surface area contributed by atoms with E-state index in [-0.39, 0.29) is 63.4 Å². The highest BCUT2D eigenvalue weighted by Crippen LogP contribution is 2.39. The smallest absolute Gasteiger partial charge is 0.410 e. The van der Waals surface area contributed by atoms with Crippen molar-refractivity contribution in [3.05, 3.63) is 242 Å². The van der Waals surface area contributed by atoms with Gasteiger partial charge in [0, 0.05) is 158 Å². The molecule has 16 aromatic rings. The maximum Gasteiger partial charge on any atom is 0.410 e. The second kappa shape index (κ2) is 39.1. The van der Waals surface area contributed by atoms with Gasteiger partial charge in [0.1, 0.15) is 29.4 Å². The van der Waals surface area contributed by atoms with Crippen LogP contribution in [0, 0.1) is 17.5 Å². The van der Waals surface area contributed by atoms with Crippen LogP contribution >= 0.6 is 0 Å². The monoisotopic (exact) mass is 1890 g/mol. The summed E-state index contributed by atoms with van der Waals surface area (Å²) in [5.41, 5.74) is 11.3. The number of carbonyl (C=O) groups is 1. The van der Waals surface area contributed by atoms with Crippen LogP contribution in [0.1, 0.15) is 147 Å². The third kappa shape index (κ3) is 21.1. The zero-order valence-corrected chi connectivity index (χ0v) is 79.1. The molecule has 4 aliphatic rings. The van der Waals surface area contributed by atoms with Crippen LogP contribution in [0.4, 0.5) is 35.9 Å². The summed E-state index contributed by atoms with van der Waals surface area (Å²) in [5, 5.41) is 37.3. The molecule has 8 aromatic carbocycles. The summed E-state index contributed by atoms with van der Waals surface area (Å²) in [5.74, 6) is 1.44. The lowest BCUT2D eigenvalue weighted by atomic mass is 10.0. The van der Waals surface area contributed by atoms with Gasteiger partial charge in [-0.05, 0) is 213 Å². The minimum atomic E-state index is -3.30. The minimum absolute atomic E-state index is 0.139. The van der Waals surface area contributed by atoms with Crippen LogP contribution < -0.4 is 14.7 Å². The average Bonchev–Trinajstić information content (AvgIpc) is 1.66. The van der Waals surface area contributed by atoms with E-state index in [1.165, 1.54) is 49.0 Å². The van der Waals surface area contributed by atoms with Gasteiger partial charge in [0.15, 0.2) is 35.3 Å². The number of amides is 1. The van der Waals surface area contributed by atoms with Crippen LogP contribution in [0.2, 0.25) is 0 Å². The van der Waals surface area contributed by atoms with E-state index >= 15 is 13.2 Å². The molecule has 0 N–H and O–H groups in total. The van der Waals surface area contributed by atoms with Gasteiger partial charge in [0.05, 0.1) is 91.4 Å². The van der Waals surface area contributed by atoms with Gasteiger partial charge < -0.3 is 28.9 Å². The number of hydrogen-bond donors (Lipinski definition) is 0. The number of aromatic nitrogens is 18. The van der Waals surface area contributed by atoms with E-state index in [0.29, 0.717) is 57.6 Å². The Morgan fingerprint density at radius 2 is 0.785 bits per heavy atom. The van der Waals surface area contributed by atoms with E-state index in [0.717, 1.165) is 205 Å². The number of piperidine rings is 4. The number of halogens is 3. The zero-order valence-electron chi connectivity index (χ0n) is 76.6. The molecule has 20 rings (SSSR count). The topological polar surface area (TPSA) is 347 Å². The summed E-state index contributed by atoms with van der Waals surface area (Å²) in [6, 6.07) is 44.5. The molecule has 4 saturated heterocycles. The molecule has 0 spiro atoms. The molecule has 4 aliphatic heterocycles. The standard InChI is InChI=1S/C25H24FN9.C25H26FN5O2S.C24H26FN5O3S.C24H29N3O4S/c1-2-17-13-27-25(28-14-17)33-9-7-21(8-10-33)35-24-12-23(26)22(11-19(24)15-30-35)18-3-5-20(6-4-18)34-16-29-31-32-34;1-3-17-14-27-25(28-15-17)30-10-8-20(9-11-30)31-24-13-23(26)22(12-19(24)16-29-31)18-4-6-21(7-5-18)34(2,32)33;1-15(2)23-27-24(33-28-23)29-10-8-18(9-11-29)30-22-13-21(25)20(12-17(22)14-26-30)16-4-6-19(7-5-16)34(3,31)32;1-24(2,3)31-23(28)26-13-11-20(12-14-26)27-22-10-7-18(15-19(22)16-25-27)17-5-8-21(9-6-17)32(4,29)30/h3-6,11-16,21H,2,7-10H2,1H3;4-7,12-16,20H,3,8-11H2,1-2H3;4-7,12-15,18H,8-11H2,1-3H3;5-10,15-16,20H,11-14H2,1-4H3. The Hall–Kier alpha value is -13.7. The number of anilines is 3. The number of fused-ring (bicyclic) bond motifs is 4. The molecule has 700 valence electrons. The van der Waals surface area contributed by atoms with Crippen LogP contribution in [0.25, 0.3) is 93.8 Å². The number of likely N-dealkylation sites (tertiary alicyclic amines) is 1. The van der Waals surface area contributed by atoms with Gasteiger partial charge in [-0.25, -0.2) is 67.8 Å². The van der Waals surface area contributed by atoms with Crippen molar-refractivity contribution in [3.63, 3.8) is 0 Å². The molecule has 0 atom stereocenters. The minimum Gasteiger partial charge on any atom is -0.444 e. The first-order chi connectivity index (χ1) is 64.7. The van der Waals surface area contributed by atoms with Crippen LogP contribution in [-0.2, 0) is 47.1 Å². The number of benzene rings is 8. The van der Waals surface area contributed by atoms with Crippen molar-refractivity contribution in [1.82, 2.24) is 94.3 Å². The van der Waals surface area contributed by atoms with Crippen LogP contribution in [-0.4, -0.2) is 202 Å². The summed E-state index contributed by atoms with van der Waals surface area (Å²) < 4.78 is 136. The maximum absolute atomic E-state index is 15.2. The highest BCUT2D eigenvalue weighted by Gasteiger charge is 2.33. The summed E-state index contributed by atoms with van der Waals surface area (Å²) in [6.07, 6.45) is 28.2. The Labute approximate surface area is 780 Å². The Kier molecular flexibility index (Phi) is 27.0. The molecule has 1 amide bonds. The first kappa shape index (κ1) is 93.1. The molecular weight excluding hydrogens is 1780 g/mol. The van der Waals surface area contributed by atoms with E-state index in [4.69, 9.17) is 9.26 Å². The molecular formula is C98H105F3N22O9S3. The molecule has 0 aliphatic carbocycles. The Morgan fingerprint density at radius 1 is 0.437 bits per heavy atom. The molecule has 31 nitrogen and oxygen atoms in total. The van der Waals surface area contributed by atoms with Gasteiger partial charge in [-0.3, -0.25) is 18.7 Å². The molecule has 0 bridgehead atoms. The molecule has 8 aromatic heterocycles. The normalized spacial score (nSPS) is 15.3. The summed E-state index contributed by atoms with van der Waals surface area (Å²) in [7, 11) is -9.81. The van der Waals surface area contributed by atoms with Gasteiger partial charge in [0.2, 0.25) is 11.9 Å². The molecule has 4 fully saturated rings.